The topological polar surface area (TPSA) is 20.7 Å². The Kier molecular flexibility index (Phi) is 3.04. The maximum absolute atomic E-state index is 5.31. The number of H-pyrrole nitrogens is 1. The molecule has 0 amide bonds. The summed E-state index contributed by atoms with van der Waals surface area (Å²) in [6.45, 7) is 8.55. The maximum atomic E-state index is 5.31. The van der Waals surface area contributed by atoms with E-state index in [1.807, 2.05) is 18.3 Å². The van der Waals surface area contributed by atoms with Crippen LogP contribution < -0.4 is 0 Å². The van der Waals surface area contributed by atoms with E-state index in [9.17, 15) is 0 Å². The molecule has 4 heteroatoms. The summed E-state index contributed by atoms with van der Waals surface area (Å²) in [6, 6.07) is 2.57. The molecule has 0 radical (unpaired) electrons. The van der Waals surface area contributed by atoms with Gasteiger partial charge >= 0.3 is 0 Å². The Morgan fingerprint density at radius 3 is 2.50 bits per heavy atom. The van der Waals surface area contributed by atoms with Crippen molar-refractivity contribution < 1.29 is 0 Å². The first-order chi connectivity index (χ1) is 7.49. The minimum atomic E-state index is 0.308. The van der Waals surface area contributed by atoms with Crippen LogP contribution in [0.1, 0.15) is 34.0 Å². The number of aryl methyl sites for hydroxylation is 3. The average molecular weight is 252 g/mol. The first-order valence-electron chi connectivity index (χ1n) is 5.33. The van der Waals surface area contributed by atoms with Crippen LogP contribution in [0.2, 0.25) is 0 Å². The highest BCUT2D eigenvalue weighted by molar-refractivity contribution is 7.71. The Hall–Kier alpha value is -0.870. The van der Waals surface area contributed by atoms with Gasteiger partial charge in [0, 0.05) is 21.6 Å². The fraction of sp³-hybridized carbons (Fsp3) is 0.417. The van der Waals surface area contributed by atoms with Gasteiger partial charge in [0.1, 0.15) is 0 Å². The summed E-state index contributed by atoms with van der Waals surface area (Å²) in [5.74, 6) is 0. The first kappa shape index (κ1) is 11.6. The third-order valence-electron chi connectivity index (χ3n) is 2.82. The normalized spacial score (nSPS) is 13.0. The van der Waals surface area contributed by atoms with E-state index >= 15 is 0 Å². The second kappa shape index (κ2) is 4.18. The highest BCUT2D eigenvalue weighted by atomic mass is 32.1. The molecule has 2 nitrogen and oxygen atoms in total. The van der Waals surface area contributed by atoms with Gasteiger partial charge in [-0.3, -0.25) is 0 Å². The predicted molar refractivity (Wildman–Crippen MR) is 72.0 cm³/mol. The Labute approximate surface area is 105 Å². The molecule has 2 rings (SSSR count). The van der Waals surface area contributed by atoms with Crippen LogP contribution in [0.5, 0.6) is 0 Å². The number of thiophene rings is 1. The van der Waals surface area contributed by atoms with Crippen molar-refractivity contribution in [3.63, 3.8) is 0 Å². The van der Waals surface area contributed by atoms with Crippen LogP contribution in [0, 0.1) is 25.5 Å². The fourth-order valence-corrected chi connectivity index (χ4v) is 3.42. The minimum Gasteiger partial charge on any atom is -0.335 e. The van der Waals surface area contributed by atoms with Gasteiger partial charge in [-0.2, -0.15) is 0 Å². The van der Waals surface area contributed by atoms with Gasteiger partial charge in [0.25, 0.3) is 0 Å². The van der Waals surface area contributed by atoms with Gasteiger partial charge in [-0.25, -0.2) is 0 Å². The molecule has 2 heterocycles. The lowest BCUT2D eigenvalue weighted by atomic mass is 10.1. The summed E-state index contributed by atoms with van der Waals surface area (Å²) in [4.78, 5) is 5.91. The third-order valence-corrected chi connectivity index (χ3v) is 4.11. The Bertz CT molecular complexity index is 560. The molecule has 1 atom stereocenters. The number of hydrogen-bond acceptors (Lipinski definition) is 2. The largest absolute Gasteiger partial charge is 0.335 e. The van der Waals surface area contributed by atoms with Crippen LogP contribution in [0.25, 0.3) is 0 Å². The Balaban J connectivity index is 2.46. The van der Waals surface area contributed by atoms with Crippen LogP contribution in [-0.2, 0) is 0 Å². The summed E-state index contributed by atoms with van der Waals surface area (Å²) in [5.41, 5.74) is 2.49. The minimum absolute atomic E-state index is 0.308. The van der Waals surface area contributed by atoms with Gasteiger partial charge < -0.3 is 9.55 Å². The van der Waals surface area contributed by atoms with E-state index in [1.54, 1.807) is 0 Å². The zero-order chi connectivity index (χ0) is 11.9. The lowest BCUT2D eigenvalue weighted by Crippen LogP contribution is -2.05. The second-order valence-electron chi connectivity index (χ2n) is 4.19. The molecular weight excluding hydrogens is 236 g/mol. The van der Waals surface area contributed by atoms with Crippen LogP contribution in [-0.4, -0.2) is 9.55 Å². The zero-order valence-electron chi connectivity index (χ0n) is 10.00. The fourth-order valence-electron chi connectivity index (χ4n) is 2.04. The van der Waals surface area contributed by atoms with Gasteiger partial charge in [-0.05, 0) is 51.5 Å². The molecule has 0 bridgehead atoms. The van der Waals surface area contributed by atoms with Gasteiger partial charge in [0.05, 0.1) is 6.04 Å². The Morgan fingerprint density at radius 1 is 1.38 bits per heavy atom. The number of nitrogens with zero attached hydrogens (tertiary/aromatic N) is 1. The quantitative estimate of drug-likeness (QED) is 0.797. The van der Waals surface area contributed by atoms with Crippen molar-refractivity contribution in [2.75, 3.05) is 0 Å². The molecule has 0 saturated heterocycles. The number of imidazole rings is 1. The summed E-state index contributed by atoms with van der Waals surface area (Å²) in [5, 5.41) is 0. The molecule has 16 heavy (non-hydrogen) atoms. The Morgan fingerprint density at radius 2 is 2.06 bits per heavy atom. The highest BCUT2D eigenvalue weighted by Gasteiger charge is 2.13. The molecule has 86 valence electrons. The van der Waals surface area contributed by atoms with E-state index in [2.05, 4.69) is 42.6 Å². The van der Waals surface area contributed by atoms with Crippen molar-refractivity contribution in [1.29, 1.82) is 0 Å². The monoisotopic (exact) mass is 252 g/mol. The average Bonchev–Trinajstić information content (AvgIpc) is 2.68. The standard InChI is InChI=1S/C12H16N2S2/c1-7-6-14(12(15)13-7)9(3)11-5-8(2)16-10(11)4/h5-6,9H,1-4H3,(H,13,15). The third kappa shape index (κ3) is 1.99. The number of nitrogens with one attached hydrogen (secondary N) is 1. The lowest BCUT2D eigenvalue weighted by molar-refractivity contribution is 0.629. The predicted octanol–water partition coefficient (Wildman–Crippen LogP) is 4.14. The summed E-state index contributed by atoms with van der Waals surface area (Å²) >= 11 is 7.16. The molecule has 1 N–H and O–H groups in total. The smallest absolute Gasteiger partial charge is 0.177 e. The molecule has 0 aliphatic carbocycles. The number of aromatic amines is 1. The molecule has 0 aromatic carbocycles. The summed E-state index contributed by atoms with van der Waals surface area (Å²) < 4.78 is 2.92. The van der Waals surface area contributed by atoms with Crippen molar-refractivity contribution in [3.05, 3.63) is 38.0 Å². The van der Waals surface area contributed by atoms with E-state index < -0.39 is 0 Å². The molecule has 1 unspecified atom stereocenters. The van der Waals surface area contributed by atoms with Gasteiger partial charge in [-0.15, -0.1) is 11.3 Å². The van der Waals surface area contributed by atoms with Gasteiger partial charge in [-0.1, -0.05) is 0 Å². The number of aromatic nitrogens is 2. The number of rotatable bonds is 2. The summed E-state index contributed by atoms with van der Waals surface area (Å²) in [7, 11) is 0. The highest BCUT2D eigenvalue weighted by Crippen LogP contribution is 2.28. The van der Waals surface area contributed by atoms with Crippen molar-refractivity contribution in [1.82, 2.24) is 9.55 Å². The van der Waals surface area contributed by atoms with Crippen LogP contribution in [0.4, 0.5) is 0 Å². The molecule has 0 aliphatic heterocycles. The SMILES string of the molecule is Cc1cn(C(C)c2cc(C)sc2C)c(=S)[nH]1. The molecule has 0 saturated carbocycles. The van der Waals surface area contributed by atoms with Crippen LogP contribution >= 0.6 is 23.6 Å². The van der Waals surface area contributed by atoms with E-state index in [1.165, 1.54) is 15.3 Å². The molecule has 2 aromatic rings. The molecule has 0 aliphatic rings. The molecule has 0 spiro atoms. The molecule has 2 aromatic heterocycles. The second-order valence-corrected chi connectivity index (χ2v) is 6.04. The van der Waals surface area contributed by atoms with Gasteiger partial charge in [0.15, 0.2) is 4.77 Å². The molecule has 0 fully saturated rings. The van der Waals surface area contributed by atoms with Crippen molar-refractivity contribution in [2.24, 2.45) is 0 Å². The van der Waals surface area contributed by atoms with E-state index in [-0.39, 0.29) is 0 Å². The molecular formula is C12H16N2S2. The maximum Gasteiger partial charge on any atom is 0.177 e. The van der Waals surface area contributed by atoms with E-state index in [4.69, 9.17) is 12.2 Å². The lowest BCUT2D eigenvalue weighted by Gasteiger charge is -2.12. The number of hydrogen-bond donors (Lipinski definition) is 1. The summed E-state index contributed by atoms with van der Waals surface area (Å²) in [6.07, 6.45) is 2.08. The van der Waals surface area contributed by atoms with Crippen molar-refractivity contribution >= 4 is 23.6 Å². The first-order valence-corrected chi connectivity index (χ1v) is 6.56. The van der Waals surface area contributed by atoms with E-state index in [0.29, 0.717) is 6.04 Å². The van der Waals surface area contributed by atoms with Gasteiger partial charge in [0.2, 0.25) is 0 Å². The zero-order valence-corrected chi connectivity index (χ0v) is 11.6. The van der Waals surface area contributed by atoms with Crippen molar-refractivity contribution in [3.8, 4) is 0 Å². The van der Waals surface area contributed by atoms with Crippen molar-refractivity contribution in [2.45, 2.75) is 33.7 Å². The van der Waals surface area contributed by atoms with E-state index in [0.717, 1.165) is 10.5 Å². The van der Waals surface area contributed by atoms with Crippen LogP contribution in [0.3, 0.4) is 0 Å². The van der Waals surface area contributed by atoms with Crippen LogP contribution in [0.15, 0.2) is 12.3 Å².